The summed E-state index contributed by atoms with van der Waals surface area (Å²) >= 11 is 0. The molecule has 0 atom stereocenters. The molecule has 1 aromatic carbocycles. The Balaban J connectivity index is 1.90. The van der Waals surface area contributed by atoms with Gasteiger partial charge in [0.15, 0.2) is 11.5 Å². The normalized spacial score (nSPS) is 14.2. The summed E-state index contributed by atoms with van der Waals surface area (Å²) in [5.41, 5.74) is 1.21. The SMILES string of the molecule is Cc1cc(NS(=O)(=O)c2ccc3c(c2)OCCCO3)ccn1. The van der Waals surface area contributed by atoms with Gasteiger partial charge in [-0.05, 0) is 31.2 Å². The minimum atomic E-state index is -3.69. The van der Waals surface area contributed by atoms with Gasteiger partial charge in [-0.15, -0.1) is 0 Å². The van der Waals surface area contributed by atoms with Crippen LogP contribution in [-0.4, -0.2) is 26.6 Å². The summed E-state index contributed by atoms with van der Waals surface area (Å²) in [5.74, 6) is 1.02. The molecule has 2 aromatic rings. The van der Waals surface area contributed by atoms with Crippen molar-refractivity contribution >= 4 is 15.7 Å². The van der Waals surface area contributed by atoms with Gasteiger partial charge in [0.2, 0.25) is 0 Å². The number of rotatable bonds is 3. The highest BCUT2D eigenvalue weighted by Gasteiger charge is 2.19. The second-order valence-corrected chi connectivity index (χ2v) is 6.63. The van der Waals surface area contributed by atoms with E-state index in [0.717, 1.165) is 12.1 Å². The van der Waals surface area contributed by atoms with E-state index in [4.69, 9.17) is 9.47 Å². The largest absolute Gasteiger partial charge is 0.490 e. The lowest BCUT2D eigenvalue weighted by atomic mass is 10.3. The summed E-state index contributed by atoms with van der Waals surface area (Å²) in [6.45, 7) is 2.87. The van der Waals surface area contributed by atoms with E-state index >= 15 is 0 Å². The molecule has 2 heterocycles. The van der Waals surface area contributed by atoms with Crippen LogP contribution in [-0.2, 0) is 10.0 Å². The van der Waals surface area contributed by atoms with Crippen molar-refractivity contribution in [3.8, 4) is 11.5 Å². The zero-order valence-corrected chi connectivity index (χ0v) is 12.9. The molecule has 22 heavy (non-hydrogen) atoms. The first-order valence-corrected chi connectivity index (χ1v) is 8.38. The average molecular weight is 320 g/mol. The molecule has 0 saturated carbocycles. The lowest BCUT2D eigenvalue weighted by Gasteiger charge is -2.11. The van der Waals surface area contributed by atoms with Gasteiger partial charge in [0, 0.05) is 24.4 Å². The number of nitrogens with one attached hydrogen (secondary N) is 1. The van der Waals surface area contributed by atoms with Gasteiger partial charge in [-0.3, -0.25) is 9.71 Å². The van der Waals surface area contributed by atoms with Crippen LogP contribution in [0.25, 0.3) is 0 Å². The molecule has 0 spiro atoms. The number of aryl methyl sites for hydroxylation is 1. The summed E-state index contributed by atoms with van der Waals surface area (Å²) in [4.78, 5) is 4.17. The fourth-order valence-corrected chi connectivity index (χ4v) is 3.20. The monoisotopic (exact) mass is 320 g/mol. The lowest BCUT2D eigenvalue weighted by molar-refractivity contribution is 0.297. The van der Waals surface area contributed by atoms with E-state index < -0.39 is 10.0 Å². The van der Waals surface area contributed by atoms with E-state index in [1.54, 1.807) is 31.3 Å². The lowest BCUT2D eigenvalue weighted by Crippen LogP contribution is -2.13. The molecule has 1 N–H and O–H groups in total. The molecule has 3 rings (SSSR count). The molecular weight excluding hydrogens is 304 g/mol. The molecule has 1 aliphatic heterocycles. The minimum Gasteiger partial charge on any atom is -0.490 e. The topological polar surface area (TPSA) is 77.5 Å². The summed E-state index contributed by atoms with van der Waals surface area (Å²) < 4.78 is 38.5. The number of pyridine rings is 1. The van der Waals surface area contributed by atoms with Crippen LogP contribution in [0.2, 0.25) is 0 Å². The number of ether oxygens (including phenoxy) is 2. The molecule has 0 aliphatic carbocycles. The van der Waals surface area contributed by atoms with E-state index in [2.05, 4.69) is 9.71 Å². The van der Waals surface area contributed by atoms with Crippen LogP contribution in [0, 0.1) is 6.92 Å². The third kappa shape index (κ3) is 3.14. The first kappa shape index (κ1) is 14.6. The van der Waals surface area contributed by atoms with Crippen LogP contribution in [0.3, 0.4) is 0 Å². The summed E-state index contributed by atoms with van der Waals surface area (Å²) in [6.07, 6.45) is 2.33. The predicted octanol–water partition coefficient (Wildman–Crippen LogP) is 2.35. The van der Waals surface area contributed by atoms with E-state index in [1.165, 1.54) is 12.1 Å². The number of hydrogen-bond acceptors (Lipinski definition) is 5. The molecule has 0 amide bonds. The zero-order valence-electron chi connectivity index (χ0n) is 12.1. The van der Waals surface area contributed by atoms with Crippen LogP contribution in [0.5, 0.6) is 11.5 Å². The van der Waals surface area contributed by atoms with Crippen molar-refractivity contribution in [2.24, 2.45) is 0 Å². The maximum atomic E-state index is 12.5. The maximum Gasteiger partial charge on any atom is 0.262 e. The molecule has 0 unspecified atom stereocenters. The Morgan fingerprint density at radius 3 is 2.64 bits per heavy atom. The number of fused-ring (bicyclic) bond motifs is 1. The van der Waals surface area contributed by atoms with Gasteiger partial charge in [-0.1, -0.05) is 0 Å². The number of benzene rings is 1. The van der Waals surface area contributed by atoms with Gasteiger partial charge in [-0.25, -0.2) is 8.42 Å². The first-order chi connectivity index (χ1) is 10.5. The molecular formula is C15H16N2O4S. The molecule has 1 aromatic heterocycles. The maximum absolute atomic E-state index is 12.5. The van der Waals surface area contributed by atoms with Crippen molar-refractivity contribution < 1.29 is 17.9 Å². The van der Waals surface area contributed by atoms with Crippen molar-refractivity contribution in [1.82, 2.24) is 4.98 Å². The molecule has 0 saturated heterocycles. The highest BCUT2D eigenvalue weighted by atomic mass is 32.2. The van der Waals surface area contributed by atoms with Crippen LogP contribution in [0.1, 0.15) is 12.1 Å². The molecule has 0 radical (unpaired) electrons. The molecule has 0 fully saturated rings. The summed E-state index contributed by atoms with van der Waals surface area (Å²) in [6, 6.07) is 7.88. The Hall–Kier alpha value is -2.28. The average Bonchev–Trinajstić information content (AvgIpc) is 2.71. The van der Waals surface area contributed by atoms with E-state index in [9.17, 15) is 8.42 Å². The quantitative estimate of drug-likeness (QED) is 0.939. The van der Waals surface area contributed by atoms with E-state index in [-0.39, 0.29) is 4.90 Å². The van der Waals surface area contributed by atoms with Gasteiger partial charge in [0.1, 0.15) is 0 Å². The van der Waals surface area contributed by atoms with E-state index in [1.807, 2.05) is 0 Å². The molecule has 6 nitrogen and oxygen atoms in total. The zero-order chi connectivity index (χ0) is 15.6. The molecule has 1 aliphatic rings. The van der Waals surface area contributed by atoms with Gasteiger partial charge in [0.25, 0.3) is 10.0 Å². The van der Waals surface area contributed by atoms with Gasteiger partial charge in [0.05, 0.1) is 23.8 Å². The summed E-state index contributed by atoms with van der Waals surface area (Å²) in [7, 11) is -3.69. The fraction of sp³-hybridized carbons (Fsp3) is 0.267. The molecule has 0 bridgehead atoms. The van der Waals surface area contributed by atoms with Crippen molar-refractivity contribution in [3.63, 3.8) is 0 Å². The Morgan fingerprint density at radius 2 is 1.86 bits per heavy atom. The Bertz CT molecular complexity index is 790. The third-order valence-corrected chi connectivity index (χ3v) is 4.56. The van der Waals surface area contributed by atoms with Crippen LogP contribution in [0.4, 0.5) is 5.69 Å². The number of aromatic nitrogens is 1. The Kier molecular flexibility index (Phi) is 3.89. The number of anilines is 1. The minimum absolute atomic E-state index is 0.131. The summed E-state index contributed by atoms with van der Waals surface area (Å²) in [5, 5.41) is 0. The highest BCUT2D eigenvalue weighted by molar-refractivity contribution is 7.92. The first-order valence-electron chi connectivity index (χ1n) is 6.90. The van der Waals surface area contributed by atoms with Gasteiger partial charge in [-0.2, -0.15) is 0 Å². The number of sulfonamides is 1. The fourth-order valence-electron chi connectivity index (χ4n) is 2.13. The van der Waals surface area contributed by atoms with Crippen molar-refractivity contribution in [1.29, 1.82) is 0 Å². The van der Waals surface area contributed by atoms with Crippen LogP contribution >= 0.6 is 0 Å². The van der Waals surface area contributed by atoms with Crippen LogP contribution in [0.15, 0.2) is 41.4 Å². The molecule has 116 valence electrons. The second kappa shape index (κ2) is 5.84. The smallest absolute Gasteiger partial charge is 0.262 e. The second-order valence-electron chi connectivity index (χ2n) is 4.95. The number of nitrogens with zero attached hydrogens (tertiary/aromatic N) is 1. The predicted molar refractivity (Wildman–Crippen MR) is 81.8 cm³/mol. The van der Waals surface area contributed by atoms with Gasteiger partial charge < -0.3 is 9.47 Å². The van der Waals surface area contributed by atoms with Crippen LogP contribution < -0.4 is 14.2 Å². The van der Waals surface area contributed by atoms with Crippen molar-refractivity contribution in [2.75, 3.05) is 17.9 Å². The number of hydrogen-bond donors (Lipinski definition) is 1. The van der Waals surface area contributed by atoms with Crippen molar-refractivity contribution in [2.45, 2.75) is 18.2 Å². The highest BCUT2D eigenvalue weighted by Crippen LogP contribution is 2.32. The third-order valence-electron chi connectivity index (χ3n) is 3.18. The van der Waals surface area contributed by atoms with E-state index in [0.29, 0.717) is 30.4 Å². The van der Waals surface area contributed by atoms with Crippen molar-refractivity contribution in [3.05, 3.63) is 42.2 Å². The standard InChI is InChI=1S/C15H16N2O4S/c1-11-9-12(5-6-16-11)17-22(18,19)13-3-4-14-15(10-13)21-8-2-7-20-14/h3-6,9-10H,2,7-8H2,1H3,(H,16,17). The molecule has 7 heteroatoms. The van der Waals surface area contributed by atoms with Gasteiger partial charge >= 0.3 is 0 Å². The Morgan fingerprint density at radius 1 is 1.09 bits per heavy atom. The Labute approximate surface area is 129 Å².